The van der Waals surface area contributed by atoms with E-state index in [-0.39, 0.29) is 6.61 Å². The minimum Gasteiger partial charge on any atom is -0.393 e. The lowest BCUT2D eigenvalue weighted by molar-refractivity contribution is 0.0884. The number of aliphatic hydroxyl groups excluding tert-OH is 2. The minimum atomic E-state index is -0.893. The van der Waals surface area contributed by atoms with Gasteiger partial charge in [0.2, 0.25) is 0 Å². The van der Waals surface area contributed by atoms with Gasteiger partial charge >= 0.3 is 0 Å². The van der Waals surface area contributed by atoms with Crippen LogP contribution in [0.3, 0.4) is 0 Å². The van der Waals surface area contributed by atoms with Crippen LogP contribution in [0, 0.1) is 0 Å². The second-order valence-electron chi connectivity index (χ2n) is 3.82. The van der Waals surface area contributed by atoms with Crippen molar-refractivity contribution in [3.05, 3.63) is 35.4 Å². The molecular formula is C11H14O3. The summed E-state index contributed by atoms with van der Waals surface area (Å²) < 4.78 is 0. The number of hydrogen-bond acceptors (Lipinski definition) is 3. The lowest BCUT2D eigenvalue weighted by Gasteiger charge is -2.17. The molecule has 3 heteroatoms. The zero-order chi connectivity index (χ0) is 10.2. The third-order valence-corrected chi connectivity index (χ3v) is 2.72. The molecule has 0 bridgehead atoms. The van der Waals surface area contributed by atoms with Gasteiger partial charge in [-0.05, 0) is 24.0 Å². The van der Waals surface area contributed by atoms with Crippen LogP contribution in [0.2, 0.25) is 0 Å². The Hall–Kier alpha value is -0.900. The quantitative estimate of drug-likeness (QED) is 0.663. The van der Waals surface area contributed by atoms with E-state index in [9.17, 15) is 10.2 Å². The van der Waals surface area contributed by atoms with Crippen LogP contribution in [0.4, 0.5) is 0 Å². The normalized spacial score (nSPS) is 20.5. The summed E-state index contributed by atoms with van der Waals surface area (Å²) >= 11 is 0. The molecular weight excluding hydrogens is 180 g/mol. The third kappa shape index (κ3) is 1.54. The van der Waals surface area contributed by atoms with Gasteiger partial charge in [0.25, 0.3) is 0 Å². The van der Waals surface area contributed by atoms with E-state index in [2.05, 4.69) is 0 Å². The van der Waals surface area contributed by atoms with Gasteiger partial charge in [-0.25, -0.2) is 0 Å². The van der Waals surface area contributed by atoms with Crippen molar-refractivity contribution >= 4 is 0 Å². The fourth-order valence-electron chi connectivity index (χ4n) is 1.70. The second-order valence-corrected chi connectivity index (χ2v) is 3.82. The maximum absolute atomic E-state index is 9.93. The molecule has 1 aromatic carbocycles. The summed E-state index contributed by atoms with van der Waals surface area (Å²) in [5.41, 5.74) is 0.628. The smallest absolute Gasteiger partial charge is 0.102 e. The molecule has 0 aliphatic heterocycles. The van der Waals surface area contributed by atoms with E-state index in [4.69, 9.17) is 5.11 Å². The van der Waals surface area contributed by atoms with Crippen LogP contribution in [0.25, 0.3) is 0 Å². The average molecular weight is 194 g/mol. The van der Waals surface area contributed by atoms with Crippen molar-refractivity contribution in [3.63, 3.8) is 0 Å². The molecule has 76 valence electrons. The Kier molecular flexibility index (Phi) is 2.31. The van der Waals surface area contributed by atoms with Crippen molar-refractivity contribution in [2.75, 3.05) is 6.61 Å². The zero-order valence-electron chi connectivity index (χ0n) is 7.85. The Morgan fingerprint density at radius 2 is 1.93 bits per heavy atom. The highest BCUT2D eigenvalue weighted by molar-refractivity contribution is 5.37. The van der Waals surface area contributed by atoms with E-state index in [1.165, 1.54) is 0 Å². The van der Waals surface area contributed by atoms with Crippen molar-refractivity contribution in [2.45, 2.75) is 24.5 Å². The number of aliphatic hydroxyl groups is 3. The molecule has 1 fully saturated rings. The Morgan fingerprint density at radius 1 is 1.29 bits per heavy atom. The van der Waals surface area contributed by atoms with E-state index >= 15 is 0 Å². The van der Waals surface area contributed by atoms with Crippen LogP contribution in [0.5, 0.6) is 0 Å². The molecule has 1 unspecified atom stereocenters. The standard InChI is InChI=1S/C11H14O3/c12-7-10(13)8-3-1-2-4-9(8)11(14)5-6-11/h1-4,10,12-14H,5-7H2. The van der Waals surface area contributed by atoms with E-state index in [0.717, 1.165) is 18.4 Å². The second kappa shape index (κ2) is 3.35. The summed E-state index contributed by atoms with van der Waals surface area (Å²) in [6.45, 7) is -0.312. The predicted molar refractivity (Wildman–Crippen MR) is 51.6 cm³/mol. The third-order valence-electron chi connectivity index (χ3n) is 2.72. The van der Waals surface area contributed by atoms with Crippen molar-refractivity contribution in [1.29, 1.82) is 0 Å². The van der Waals surface area contributed by atoms with Gasteiger partial charge in [0.1, 0.15) is 6.10 Å². The molecule has 0 spiro atoms. The first-order chi connectivity index (χ1) is 6.67. The Bertz CT molecular complexity index is 331. The molecule has 1 saturated carbocycles. The van der Waals surface area contributed by atoms with Crippen LogP contribution in [-0.2, 0) is 5.60 Å². The fourth-order valence-corrected chi connectivity index (χ4v) is 1.70. The van der Waals surface area contributed by atoms with Gasteiger partial charge < -0.3 is 15.3 Å². The Labute approximate surface area is 82.6 Å². The van der Waals surface area contributed by atoms with Crippen molar-refractivity contribution in [1.82, 2.24) is 0 Å². The van der Waals surface area contributed by atoms with Crippen LogP contribution in [-0.4, -0.2) is 21.9 Å². The van der Waals surface area contributed by atoms with Gasteiger partial charge in [-0.2, -0.15) is 0 Å². The fraction of sp³-hybridized carbons (Fsp3) is 0.455. The molecule has 1 aliphatic rings. The number of rotatable bonds is 3. The summed E-state index contributed by atoms with van der Waals surface area (Å²) in [5.74, 6) is 0. The maximum Gasteiger partial charge on any atom is 0.102 e. The molecule has 0 radical (unpaired) electrons. The topological polar surface area (TPSA) is 60.7 Å². The highest BCUT2D eigenvalue weighted by Gasteiger charge is 2.43. The average Bonchev–Trinajstić information content (AvgIpc) is 2.97. The van der Waals surface area contributed by atoms with Crippen LogP contribution >= 0.6 is 0 Å². The minimum absolute atomic E-state index is 0.312. The van der Waals surface area contributed by atoms with Crippen molar-refractivity contribution in [2.24, 2.45) is 0 Å². The number of benzene rings is 1. The lowest BCUT2D eigenvalue weighted by Crippen LogP contribution is -2.13. The van der Waals surface area contributed by atoms with E-state index < -0.39 is 11.7 Å². The largest absolute Gasteiger partial charge is 0.393 e. The SMILES string of the molecule is OCC(O)c1ccccc1C1(O)CC1. The van der Waals surface area contributed by atoms with Crippen LogP contribution in [0.1, 0.15) is 30.1 Å². The first-order valence-electron chi connectivity index (χ1n) is 4.78. The zero-order valence-corrected chi connectivity index (χ0v) is 7.85. The van der Waals surface area contributed by atoms with Crippen LogP contribution in [0.15, 0.2) is 24.3 Å². The summed E-state index contributed by atoms with van der Waals surface area (Å²) in [5, 5.41) is 28.3. The highest BCUT2D eigenvalue weighted by atomic mass is 16.3. The molecule has 1 atom stereocenters. The van der Waals surface area contributed by atoms with Gasteiger partial charge in [-0.1, -0.05) is 24.3 Å². The first-order valence-corrected chi connectivity index (χ1v) is 4.78. The van der Waals surface area contributed by atoms with Gasteiger partial charge in [-0.3, -0.25) is 0 Å². The monoisotopic (exact) mass is 194 g/mol. The van der Waals surface area contributed by atoms with Crippen LogP contribution < -0.4 is 0 Å². The molecule has 2 rings (SSSR count). The lowest BCUT2D eigenvalue weighted by atomic mass is 9.97. The predicted octanol–water partition coefficient (Wildman–Crippen LogP) is 0.694. The van der Waals surface area contributed by atoms with Gasteiger partial charge in [-0.15, -0.1) is 0 Å². The molecule has 3 nitrogen and oxygen atoms in total. The molecule has 3 N–H and O–H groups in total. The molecule has 14 heavy (non-hydrogen) atoms. The molecule has 0 amide bonds. The summed E-state index contributed by atoms with van der Waals surface area (Å²) in [6.07, 6.45) is 0.584. The molecule has 0 aromatic heterocycles. The Balaban J connectivity index is 2.38. The maximum atomic E-state index is 9.93. The highest BCUT2D eigenvalue weighted by Crippen LogP contribution is 2.47. The molecule has 0 saturated heterocycles. The summed E-state index contributed by atoms with van der Waals surface area (Å²) in [4.78, 5) is 0. The first kappa shape index (κ1) is 9.65. The van der Waals surface area contributed by atoms with E-state index in [1.807, 2.05) is 6.07 Å². The summed E-state index contributed by atoms with van der Waals surface area (Å²) in [6, 6.07) is 7.18. The molecule has 0 heterocycles. The van der Waals surface area contributed by atoms with Crippen molar-refractivity contribution in [3.8, 4) is 0 Å². The molecule has 1 aromatic rings. The van der Waals surface area contributed by atoms with Gasteiger partial charge in [0.15, 0.2) is 0 Å². The Morgan fingerprint density at radius 3 is 2.50 bits per heavy atom. The van der Waals surface area contributed by atoms with Gasteiger partial charge in [0.05, 0.1) is 12.2 Å². The number of hydrogen-bond donors (Lipinski definition) is 3. The summed E-state index contributed by atoms with van der Waals surface area (Å²) in [7, 11) is 0. The van der Waals surface area contributed by atoms with Gasteiger partial charge in [0, 0.05) is 0 Å². The van der Waals surface area contributed by atoms with E-state index in [0.29, 0.717) is 5.56 Å². The van der Waals surface area contributed by atoms with E-state index in [1.54, 1.807) is 18.2 Å². The molecule has 1 aliphatic carbocycles. The van der Waals surface area contributed by atoms with Crippen molar-refractivity contribution < 1.29 is 15.3 Å².